The van der Waals surface area contributed by atoms with Crippen LogP contribution in [0.15, 0.2) is 24.3 Å². The first kappa shape index (κ1) is 14.8. The van der Waals surface area contributed by atoms with E-state index in [1.165, 1.54) is 18.4 Å². The molecule has 2 atom stereocenters. The lowest BCUT2D eigenvalue weighted by atomic mass is 9.98. The van der Waals surface area contributed by atoms with Crippen LogP contribution in [-0.4, -0.2) is 25.8 Å². The minimum absolute atomic E-state index is 0.308. The molecule has 2 unspecified atom stereocenters. The smallest absolute Gasteiger partial charge is 0.0755 e. The van der Waals surface area contributed by atoms with E-state index in [2.05, 4.69) is 24.4 Å². The molecular formula is C16H24ClNO. The Morgan fingerprint density at radius 3 is 2.68 bits per heavy atom. The molecule has 0 heterocycles. The van der Waals surface area contributed by atoms with Crippen LogP contribution in [0.3, 0.4) is 0 Å². The molecule has 0 bridgehead atoms. The summed E-state index contributed by atoms with van der Waals surface area (Å²) in [5, 5.41) is 4.49. The molecule has 1 aliphatic carbocycles. The summed E-state index contributed by atoms with van der Waals surface area (Å²) in [6.07, 6.45) is 4.98. The molecule has 1 fully saturated rings. The maximum Gasteiger partial charge on any atom is 0.0755 e. The Bertz CT molecular complexity index is 392. The zero-order valence-electron chi connectivity index (χ0n) is 11.9. The molecule has 0 aliphatic heterocycles. The average molecular weight is 282 g/mol. The van der Waals surface area contributed by atoms with Crippen LogP contribution < -0.4 is 5.32 Å². The van der Waals surface area contributed by atoms with Crippen molar-refractivity contribution in [2.24, 2.45) is 5.92 Å². The predicted octanol–water partition coefficient (Wildman–Crippen LogP) is 3.68. The predicted molar refractivity (Wildman–Crippen MR) is 80.8 cm³/mol. The van der Waals surface area contributed by atoms with Crippen molar-refractivity contribution in [3.63, 3.8) is 0 Å². The van der Waals surface area contributed by atoms with Gasteiger partial charge >= 0.3 is 0 Å². The molecule has 1 N–H and O–H groups in total. The molecule has 1 aromatic carbocycles. The number of nitrogens with one attached hydrogen (secondary N) is 1. The third kappa shape index (κ3) is 4.20. The van der Waals surface area contributed by atoms with Gasteiger partial charge in [-0.3, -0.25) is 0 Å². The van der Waals surface area contributed by atoms with Crippen LogP contribution in [-0.2, 0) is 11.2 Å². The number of rotatable bonds is 8. The van der Waals surface area contributed by atoms with Crippen molar-refractivity contribution in [1.29, 1.82) is 0 Å². The highest BCUT2D eigenvalue weighted by atomic mass is 35.5. The van der Waals surface area contributed by atoms with E-state index in [9.17, 15) is 0 Å². The number of ether oxygens (including phenoxy) is 1. The molecule has 1 aliphatic rings. The van der Waals surface area contributed by atoms with Gasteiger partial charge in [0.2, 0.25) is 0 Å². The van der Waals surface area contributed by atoms with Gasteiger partial charge in [-0.2, -0.15) is 0 Å². The van der Waals surface area contributed by atoms with Crippen LogP contribution in [0.2, 0.25) is 5.02 Å². The number of benzene rings is 1. The first-order valence-electron chi connectivity index (χ1n) is 7.25. The summed E-state index contributed by atoms with van der Waals surface area (Å²) in [7, 11) is 1.83. The van der Waals surface area contributed by atoms with E-state index in [0.717, 1.165) is 30.3 Å². The second-order valence-electron chi connectivity index (χ2n) is 5.39. The summed E-state index contributed by atoms with van der Waals surface area (Å²) in [6, 6.07) is 8.47. The number of hydrogen-bond donors (Lipinski definition) is 1. The highest BCUT2D eigenvalue weighted by molar-refractivity contribution is 6.31. The topological polar surface area (TPSA) is 21.3 Å². The number of methoxy groups -OCH3 is 1. The molecule has 1 aromatic rings. The molecule has 19 heavy (non-hydrogen) atoms. The fourth-order valence-electron chi connectivity index (χ4n) is 2.65. The van der Waals surface area contributed by atoms with Crippen LogP contribution >= 0.6 is 11.6 Å². The Morgan fingerprint density at radius 1 is 1.37 bits per heavy atom. The molecule has 2 rings (SSSR count). The maximum atomic E-state index is 6.28. The van der Waals surface area contributed by atoms with Crippen LogP contribution in [0.5, 0.6) is 0 Å². The standard InChI is InChI=1S/C16H24ClNO/c1-3-10-18-15(16(19-2)12-8-9-12)11-13-6-4-5-7-14(13)17/h4-7,12,15-16,18H,3,8-11H2,1-2H3. The fraction of sp³-hybridized carbons (Fsp3) is 0.625. The average Bonchev–Trinajstić information content (AvgIpc) is 3.23. The van der Waals surface area contributed by atoms with Gasteiger partial charge in [0.15, 0.2) is 0 Å². The molecule has 0 radical (unpaired) electrons. The SMILES string of the molecule is CCCNC(Cc1ccccc1Cl)C(OC)C1CC1. The summed E-state index contributed by atoms with van der Waals surface area (Å²) in [5.74, 6) is 0.724. The van der Waals surface area contributed by atoms with Crippen molar-refractivity contribution in [3.05, 3.63) is 34.9 Å². The largest absolute Gasteiger partial charge is 0.380 e. The zero-order chi connectivity index (χ0) is 13.7. The normalized spacial score (nSPS) is 18.3. The van der Waals surface area contributed by atoms with Gasteiger partial charge in [0.25, 0.3) is 0 Å². The van der Waals surface area contributed by atoms with E-state index in [1.54, 1.807) is 0 Å². The van der Waals surface area contributed by atoms with Crippen LogP contribution in [0, 0.1) is 5.92 Å². The van der Waals surface area contributed by atoms with Gasteiger partial charge in [-0.05, 0) is 49.8 Å². The second kappa shape index (κ2) is 7.28. The van der Waals surface area contributed by atoms with Crippen molar-refractivity contribution >= 4 is 11.6 Å². The lowest BCUT2D eigenvalue weighted by molar-refractivity contribution is 0.0511. The van der Waals surface area contributed by atoms with E-state index in [4.69, 9.17) is 16.3 Å². The lowest BCUT2D eigenvalue weighted by Gasteiger charge is -2.27. The van der Waals surface area contributed by atoms with E-state index >= 15 is 0 Å². The van der Waals surface area contributed by atoms with Gasteiger partial charge in [-0.25, -0.2) is 0 Å². The molecular weight excluding hydrogens is 258 g/mol. The Balaban J connectivity index is 2.06. The Morgan fingerprint density at radius 2 is 2.11 bits per heavy atom. The summed E-state index contributed by atoms with van der Waals surface area (Å²) in [5.41, 5.74) is 1.21. The first-order valence-corrected chi connectivity index (χ1v) is 7.63. The monoisotopic (exact) mass is 281 g/mol. The van der Waals surface area contributed by atoms with Crippen molar-refractivity contribution in [2.45, 2.75) is 44.8 Å². The van der Waals surface area contributed by atoms with Crippen LogP contribution in [0.4, 0.5) is 0 Å². The van der Waals surface area contributed by atoms with Gasteiger partial charge in [-0.1, -0.05) is 36.7 Å². The molecule has 3 heteroatoms. The molecule has 0 amide bonds. The minimum atomic E-state index is 0.308. The molecule has 0 aromatic heterocycles. The number of hydrogen-bond acceptors (Lipinski definition) is 2. The highest BCUT2D eigenvalue weighted by Crippen LogP contribution is 2.36. The third-order valence-corrected chi connectivity index (χ3v) is 4.18. The molecule has 1 saturated carbocycles. The zero-order valence-corrected chi connectivity index (χ0v) is 12.6. The second-order valence-corrected chi connectivity index (χ2v) is 5.80. The summed E-state index contributed by atoms with van der Waals surface area (Å²) < 4.78 is 5.74. The quantitative estimate of drug-likeness (QED) is 0.785. The Hall–Kier alpha value is -0.570. The van der Waals surface area contributed by atoms with Gasteiger partial charge in [0, 0.05) is 18.2 Å². The van der Waals surface area contributed by atoms with Gasteiger partial charge in [0.1, 0.15) is 0 Å². The van der Waals surface area contributed by atoms with E-state index < -0.39 is 0 Å². The molecule has 106 valence electrons. The molecule has 0 spiro atoms. The summed E-state index contributed by atoms with van der Waals surface area (Å²) in [4.78, 5) is 0. The number of halogens is 1. The summed E-state index contributed by atoms with van der Waals surface area (Å²) >= 11 is 6.28. The Kier molecular flexibility index (Phi) is 5.68. The van der Waals surface area contributed by atoms with Crippen molar-refractivity contribution in [3.8, 4) is 0 Å². The minimum Gasteiger partial charge on any atom is -0.380 e. The van der Waals surface area contributed by atoms with Gasteiger partial charge < -0.3 is 10.1 Å². The molecule has 0 saturated heterocycles. The van der Waals surface area contributed by atoms with Gasteiger partial charge in [-0.15, -0.1) is 0 Å². The van der Waals surface area contributed by atoms with E-state index in [0.29, 0.717) is 12.1 Å². The van der Waals surface area contributed by atoms with E-state index in [-0.39, 0.29) is 0 Å². The van der Waals surface area contributed by atoms with Crippen molar-refractivity contribution < 1.29 is 4.74 Å². The van der Waals surface area contributed by atoms with Crippen molar-refractivity contribution in [1.82, 2.24) is 5.32 Å². The van der Waals surface area contributed by atoms with Crippen LogP contribution in [0.25, 0.3) is 0 Å². The lowest BCUT2D eigenvalue weighted by Crippen LogP contribution is -2.44. The fourth-order valence-corrected chi connectivity index (χ4v) is 2.86. The maximum absolute atomic E-state index is 6.28. The molecule has 2 nitrogen and oxygen atoms in total. The van der Waals surface area contributed by atoms with Crippen molar-refractivity contribution in [2.75, 3.05) is 13.7 Å². The Labute approximate surface area is 121 Å². The third-order valence-electron chi connectivity index (χ3n) is 3.81. The first-order chi connectivity index (χ1) is 9.26. The highest BCUT2D eigenvalue weighted by Gasteiger charge is 2.36. The van der Waals surface area contributed by atoms with Crippen LogP contribution in [0.1, 0.15) is 31.7 Å². The summed E-state index contributed by atoms with van der Waals surface area (Å²) in [6.45, 7) is 3.22. The van der Waals surface area contributed by atoms with Gasteiger partial charge in [0.05, 0.1) is 6.10 Å². The van der Waals surface area contributed by atoms with E-state index in [1.807, 2.05) is 19.2 Å².